The molecule has 3 heterocycles. The van der Waals surface area contributed by atoms with E-state index in [1.165, 1.54) is 6.33 Å². The summed E-state index contributed by atoms with van der Waals surface area (Å²) in [7, 11) is 4.33. The van der Waals surface area contributed by atoms with Crippen molar-refractivity contribution in [3.05, 3.63) is 12.7 Å². The largest absolute Gasteiger partial charge is 0.382 e. The zero-order valence-electron chi connectivity index (χ0n) is 16.3. The average Bonchev–Trinajstić information content (AvgIpc) is 3.11. The van der Waals surface area contributed by atoms with Crippen molar-refractivity contribution in [2.24, 2.45) is 0 Å². The molecule has 0 spiro atoms. The number of thiol groups is 1. The van der Waals surface area contributed by atoms with Gasteiger partial charge in [-0.3, -0.25) is 14.0 Å². The molecular formula is C15H26N7O3PS2. The normalized spacial score (nSPS) is 23.5. The molecule has 3 rings (SSSR count). The summed E-state index contributed by atoms with van der Waals surface area (Å²) >= 11 is 4.10. The highest BCUT2D eigenvalue weighted by Gasteiger charge is 2.34. The number of nitrogens with zero attached hydrogens (tertiary/aromatic N) is 6. The molecule has 1 fully saturated rings. The Balaban J connectivity index is 1.82. The van der Waals surface area contributed by atoms with Gasteiger partial charge in [-0.15, -0.1) is 11.7 Å². The summed E-state index contributed by atoms with van der Waals surface area (Å²) in [6, 6.07) is 0.309. The molecule has 0 aromatic carbocycles. The first-order valence-corrected chi connectivity index (χ1v) is 12.9. The van der Waals surface area contributed by atoms with Crippen LogP contribution < -0.4 is 5.73 Å². The number of aromatic nitrogens is 4. The summed E-state index contributed by atoms with van der Waals surface area (Å²) in [4.78, 5) is 14.9. The van der Waals surface area contributed by atoms with Gasteiger partial charge in [-0.05, 0) is 27.9 Å². The standard InChI is InChI=1S/C15H26N7O3PS2/c1-10(2)21-5-11(7-24-26(23,28-27)20(3)4)25-12(6-21)22-9-19-13-14(16)17-8-18-15(13)22/h8-12,27H,5-7H2,1-4H3,(H2,16,17,18)/t11-,12+,26?/m0/s1. The molecule has 28 heavy (non-hydrogen) atoms. The Bertz CT molecular complexity index is 865. The van der Waals surface area contributed by atoms with E-state index in [1.54, 1.807) is 25.1 Å². The van der Waals surface area contributed by atoms with E-state index in [9.17, 15) is 4.57 Å². The monoisotopic (exact) mass is 447 g/mol. The third kappa shape index (κ3) is 4.48. The van der Waals surface area contributed by atoms with Crippen LogP contribution in [-0.2, 0) is 13.8 Å². The lowest BCUT2D eigenvalue weighted by molar-refractivity contribution is -0.136. The first-order valence-electron chi connectivity index (χ1n) is 8.83. The third-order valence-electron chi connectivity index (χ3n) is 4.62. The zero-order valence-corrected chi connectivity index (χ0v) is 18.9. The molecule has 0 saturated carbocycles. The number of rotatable bonds is 7. The van der Waals surface area contributed by atoms with Crippen LogP contribution in [0.1, 0.15) is 20.1 Å². The summed E-state index contributed by atoms with van der Waals surface area (Å²) in [6.07, 6.45) is 2.48. The summed E-state index contributed by atoms with van der Waals surface area (Å²) < 4.78 is 28.1. The van der Waals surface area contributed by atoms with E-state index in [0.717, 1.165) is 10.4 Å². The summed E-state index contributed by atoms with van der Waals surface area (Å²) in [5.41, 5.74) is 7.06. The Morgan fingerprint density at radius 1 is 1.43 bits per heavy atom. The fourth-order valence-corrected chi connectivity index (χ4v) is 6.26. The van der Waals surface area contributed by atoms with E-state index < -0.39 is 6.72 Å². The van der Waals surface area contributed by atoms with Crippen LogP contribution in [0.25, 0.3) is 11.2 Å². The molecule has 2 N–H and O–H groups in total. The molecule has 1 aliphatic heterocycles. The van der Waals surface area contributed by atoms with Gasteiger partial charge in [0.2, 0.25) is 0 Å². The molecular weight excluding hydrogens is 421 g/mol. The second kappa shape index (κ2) is 8.86. The maximum absolute atomic E-state index is 12.7. The van der Waals surface area contributed by atoms with Gasteiger partial charge in [0, 0.05) is 29.5 Å². The molecule has 0 bridgehead atoms. The number of fused-ring (bicyclic) bond motifs is 1. The quantitative estimate of drug-likeness (QED) is 0.372. The van der Waals surface area contributed by atoms with Crippen LogP contribution >= 0.6 is 28.8 Å². The van der Waals surface area contributed by atoms with Crippen LogP contribution in [-0.4, -0.2) is 75.0 Å². The fourth-order valence-electron chi connectivity index (χ4n) is 2.98. The van der Waals surface area contributed by atoms with Gasteiger partial charge in [-0.25, -0.2) is 19.6 Å². The van der Waals surface area contributed by atoms with Crippen LogP contribution in [0.15, 0.2) is 12.7 Å². The van der Waals surface area contributed by atoms with Crippen LogP contribution in [0, 0.1) is 0 Å². The van der Waals surface area contributed by atoms with Crippen molar-refractivity contribution >= 4 is 45.8 Å². The summed E-state index contributed by atoms with van der Waals surface area (Å²) in [5.74, 6) is 0.331. The Labute approximate surface area is 173 Å². The van der Waals surface area contributed by atoms with Crippen LogP contribution in [0.2, 0.25) is 0 Å². The van der Waals surface area contributed by atoms with Gasteiger partial charge in [-0.2, -0.15) is 0 Å². The van der Waals surface area contributed by atoms with Gasteiger partial charge in [0.25, 0.3) is 0 Å². The molecule has 13 heteroatoms. The minimum Gasteiger partial charge on any atom is -0.382 e. The molecule has 0 radical (unpaired) electrons. The van der Waals surface area contributed by atoms with Gasteiger partial charge in [0.1, 0.15) is 18.1 Å². The molecule has 3 atom stereocenters. The zero-order chi connectivity index (χ0) is 20.5. The maximum Gasteiger partial charge on any atom is 0.338 e. The first-order chi connectivity index (χ1) is 13.2. The minimum atomic E-state index is -3.05. The van der Waals surface area contributed by atoms with E-state index in [0.29, 0.717) is 36.1 Å². The van der Waals surface area contributed by atoms with E-state index >= 15 is 0 Å². The Morgan fingerprint density at radius 3 is 2.82 bits per heavy atom. The van der Waals surface area contributed by atoms with Crippen molar-refractivity contribution < 1.29 is 13.8 Å². The molecule has 0 aliphatic carbocycles. The number of imidazole rings is 1. The number of ether oxygens (including phenoxy) is 1. The van der Waals surface area contributed by atoms with E-state index in [2.05, 4.69) is 45.4 Å². The van der Waals surface area contributed by atoms with E-state index in [1.807, 2.05) is 4.57 Å². The lowest BCUT2D eigenvalue weighted by Crippen LogP contribution is -2.49. The van der Waals surface area contributed by atoms with Crippen molar-refractivity contribution in [3.63, 3.8) is 0 Å². The number of morpholine rings is 1. The predicted molar refractivity (Wildman–Crippen MR) is 114 cm³/mol. The van der Waals surface area contributed by atoms with Gasteiger partial charge in [0.05, 0.1) is 19.0 Å². The number of nitrogen functional groups attached to an aromatic ring is 1. The number of hydrogen-bond donors (Lipinski definition) is 2. The Hall–Kier alpha value is -0.880. The van der Waals surface area contributed by atoms with Crippen molar-refractivity contribution in [2.75, 3.05) is 39.5 Å². The topological polar surface area (TPSA) is 112 Å². The number of nitrogens with two attached hydrogens (primary N) is 1. The van der Waals surface area contributed by atoms with Crippen LogP contribution in [0.4, 0.5) is 5.82 Å². The van der Waals surface area contributed by atoms with Crippen molar-refractivity contribution in [3.8, 4) is 0 Å². The number of anilines is 1. The lowest BCUT2D eigenvalue weighted by Gasteiger charge is -2.40. The molecule has 2 aromatic rings. The SMILES string of the molecule is CC(C)N1C[C@@H](COP(=O)(SS)N(C)C)O[C@@H](n2cnc3c(N)ncnc32)C1. The molecule has 0 amide bonds. The minimum absolute atomic E-state index is 0.187. The van der Waals surface area contributed by atoms with Crippen molar-refractivity contribution in [1.82, 2.24) is 29.1 Å². The highest BCUT2D eigenvalue weighted by Crippen LogP contribution is 2.62. The van der Waals surface area contributed by atoms with Crippen molar-refractivity contribution in [2.45, 2.75) is 32.2 Å². The molecule has 2 aromatic heterocycles. The predicted octanol–water partition coefficient (Wildman–Crippen LogP) is 2.28. The first kappa shape index (κ1) is 21.8. The van der Waals surface area contributed by atoms with Gasteiger partial charge >= 0.3 is 6.72 Å². The third-order valence-corrected chi connectivity index (χ3v) is 10.1. The lowest BCUT2D eigenvalue weighted by atomic mass is 10.2. The summed E-state index contributed by atoms with van der Waals surface area (Å²) in [6.45, 7) is 2.72. The van der Waals surface area contributed by atoms with E-state index in [-0.39, 0.29) is 18.9 Å². The highest BCUT2D eigenvalue weighted by atomic mass is 33.3. The molecule has 1 aliphatic rings. The highest BCUT2D eigenvalue weighted by molar-refractivity contribution is 8.93. The van der Waals surface area contributed by atoms with Gasteiger partial charge < -0.3 is 15.0 Å². The number of hydrogen-bond acceptors (Lipinski definition) is 10. The fraction of sp³-hybridized carbons (Fsp3) is 0.667. The van der Waals surface area contributed by atoms with Crippen molar-refractivity contribution in [1.29, 1.82) is 0 Å². The maximum atomic E-state index is 12.7. The second-order valence-electron chi connectivity index (χ2n) is 7.04. The molecule has 10 nitrogen and oxygen atoms in total. The molecule has 1 saturated heterocycles. The molecule has 156 valence electrons. The van der Waals surface area contributed by atoms with Gasteiger partial charge in [-0.1, -0.05) is 0 Å². The average molecular weight is 448 g/mol. The smallest absolute Gasteiger partial charge is 0.338 e. The Morgan fingerprint density at radius 2 is 2.18 bits per heavy atom. The second-order valence-corrected chi connectivity index (χ2v) is 12.5. The summed E-state index contributed by atoms with van der Waals surface area (Å²) in [5, 5.41) is 0. The van der Waals surface area contributed by atoms with Crippen LogP contribution in [0.3, 0.4) is 0 Å². The van der Waals surface area contributed by atoms with E-state index in [4.69, 9.17) is 15.0 Å². The van der Waals surface area contributed by atoms with Gasteiger partial charge in [0.15, 0.2) is 11.5 Å². The van der Waals surface area contributed by atoms with Crippen LogP contribution in [0.5, 0.6) is 0 Å². The Kier molecular flexibility index (Phi) is 6.91. The molecule has 1 unspecified atom stereocenters.